The highest BCUT2D eigenvalue weighted by Crippen LogP contribution is 2.34. The molecule has 1 fully saturated rings. The minimum absolute atomic E-state index is 0. The fraction of sp³-hybridized carbons (Fsp3) is 0.333. The lowest BCUT2D eigenvalue weighted by molar-refractivity contribution is -0.122. The van der Waals surface area contributed by atoms with Crippen LogP contribution >= 0.6 is 24.2 Å². The van der Waals surface area contributed by atoms with Crippen LogP contribution in [-0.4, -0.2) is 42.9 Å². The number of carbonyl (C=O) groups is 2. The second-order valence-electron chi connectivity index (χ2n) is 4.47. The van der Waals surface area contributed by atoms with Crippen LogP contribution in [0.15, 0.2) is 23.1 Å². The van der Waals surface area contributed by atoms with Crippen molar-refractivity contribution >= 4 is 41.4 Å². The van der Waals surface area contributed by atoms with Crippen LogP contribution in [0.5, 0.6) is 11.5 Å². The van der Waals surface area contributed by atoms with Gasteiger partial charge in [0, 0.05) is 13.1 Å². The van der Waals surface area contributed by atoms with Crippen molar-refractivity contribution in [2.45, 2.75) is 6.92 Å². The van der Waals surface area contributed by atoms with E-state index in [1.165, 1.54) is 0 Å². The molecule has 6 nitrogen and oxygen atoms in total. The van der Waals surface area contributed by atoms with Crippen molar-refractivity contribution in [2.75, 3.05) is 26.8 Å². The molecule has 0 atom stereocenters. The smallest absolute Gasteiger partial charge is 0.293 e. The Balaban J connectivity index is 0.00000264. The van der Waals surface area contributed by atoms with E-state index in [1.807, 2.05) is 13.0 Å². The Bertz CT molecular complexity index is 621. The number of ether oxygens (including phenoxy) is 2. The van der Waals surface area contributed by atoms with Crippen LogP contribution in [0.3, 0.4) is 0 Å². The van der Waals surface area contributed by atoms with Gasteiger partial charge in [-0.1, -0.05) is 6.07 Å². The lowest BCUT2D eigenvalue weighted by Crippen LogP contribution is -2.33. The van der Waals surface area contributed by atoms with Gasteiger partial charge < -0.3 is 15.2 Å². The fourth-order valence-corrected chi connectivity index (χ4v) is 2.89. The van der Waals surface area contributed by atoms with Gasteiger partial charge in [-0.3, -0.25) is 14.5 Å². The van der Waals surface area contributed by atoms with E-state index >= 15 is 0 Å². The number of thioether (sulfide) groups is 1. The first-order valence-electron chi connectivity index (χ1n) is 6.87. The molecule has 8 heteroatoms. The largest absolute Gasteiger partial charge is 0.493 e. The maximum absolute atomic E-state index is 12.1. The molecule has 1 aliphatic rings. The van der Waals surface area contributed by atoms with Gasteiger partial charge >= 0.3 is 0 Å². The minimum atomic E-state index is -0.312. The van der Waals surface area contributed by atoms with E-state index in [-0.39, 0.29) is 36.6 Å². The Kier molecular flexibility index (Phi) is 7.41. The predicted octanol–water partition coefficient (Wildman–Crippen LogP) is 2.51. The third kappa shape index (κ3) is 4.40. The summed E-state index contributed by atoms with van der Waals surface area (Å²) in [5.74, 6) is 0.906. The number of rotatable bonds is 6. The molecule has 0 aromatic heterocycles. The zero-order valence-electron chi connectivity index (χ0n) is 12.9. The molecule has 1 heterocycles. The molecule has 1 aromatic carbocycles. The van der Waals surface area contributed by atoms with Gasteiger partial charge in [-0.15, -0.1) is 12.4 Å². The first-order valence-corrected chi connectivity index (χ1v) is 7.68. The number of nitrogens with zero attached hydrogens (tertiary/aromatic N) is 1. The van der Waals surface area contributed by atoms with Gasteiger partial charge in [-0.2, -0.15) is 0 Å². The number of hydrogen-bond acceptors (Lipinski definition) is 6. The lowest BCUT2D eigenvalue weighted by Gasteiger charge is -2.10. The monoisotopic (exact) mass is 358 g/mol. The molecule has 2 N–H and O–H groups in total. The predicted molar refractivity (Wildman–Crippen MR) is 93.1 cm³/mol. The molecule has 1 aliphatic heterocycles. The molecule has 2 rings (SSSR count). The van der Waals surface area contributed by atoms with Crippen molar-refractivity contribution in [2.24, 2.45) is 5.73 Å². The van der Waals surface area contributed by atoms with E-state index in [0.717, 1.165) is 22.2 Å². The van der Waals surface area contributed by atoms with Crippen LogP contribution in [0.4, 0.5) is 4.79 Å². The van der Waals surface area contributed by atoms with Crippen LogP contribution in [0.2, 0.25) is 0 Å². The van der Waals surface area contributed by atoms with Crippen LogP contribution in [-0.2, 0) is 4.79 Å². The van der Waals surface area contributed by atoms with Gasteiger partial charge in [0.25, 0.3) is 11.1 Å². The number of halogens is 1. The molecule has 0 radical (unpaired) electrons. The van der Waals surface area contributed by atoms with Crippen molar-refractivity contribution in [1.29, 1.82) is 0 Å². The number of imide groups is 1. The molecule has 1 aromatic rings. The van der Waals surface area contributed by atoms with E-state index in [2.05, 4.69) is 0 Å². The van der Waals surface area contributed by atoms with Crippen LogP contribution in [0, 0.1) is 0 Å². The summed E-state index contributed by atoms with van der Waals surface area (Å²) in [5, 5.41) is -0.292. The highest BCUT2D eigenvalue weighted by molar-refractivity contribution is 8.18. The molecule has 23 heavy (non-hydrogen) atoms. The van der Waals surface area contributed by atoms with Crippen LogP contribution in [0.1, 0.15) is 12.5 Å². The summed E-state index contributed by atoms with van der Waals surface area (Å²) >= 11 is 0.915. The summed E-state index contributed by atoms with van der Waals surface area (Å²) in [6.45, 7) is 2.91. The van der Waals surface area contributed by atoms with Gasteiger partial charge in [-0.25, -0.2) is 0 Å². The first-order chi connectivity index (χ1) is 10.6. The summed E-state index contributed by atoms with van der Waals surface area (Å²) in [6.07, 6.45) is 1.67. The van der Waals surface area contributed by atoms with Gasteiger partial charge in [0.15, 0.2) is 11.5 Å². The zero-order valence-corrected chi connectivity index (χ0v) is 14.5. The standard InChI is InChI=1S/C15H18N2O4S.ClH/c1-3-21-11-5-4-10(8-12(11)20-2)9-13-14(18)17(7-6-16)15(19)22-13;/h4-5,8-9H,3,6-7,16H2,1-2H3;1H/b13-9+;. The van der Waals surface area contributed by atoms with Gasteiger partial charge in [0.2, 0.25) is 0 Å². The number of methoxy groups -OCH3 is 1. The molecular weight excluding hydrogens is 340 g/mol. The van der Waals surface area contributed by atoms with Gasteiger partial charge in [-0.05, 0) is 42.5 Å². The molecule has 0 spiro atoms. The summed E-state index contributed by atoms with van der Waals surface area (Å²) in [4.78, 5) is 25.4. The Labute approximate surface area is 145 Å². The number of benzene rings is 1. The van der Waals surface area contributed by atoms with Gasteiger partial charge in [0.05, 0.1) is 18.6 Å². The normalized spacial score (nSPS) is 15.8. The zero-order chi connectivity index (χ0) is 16.1. The maximum atomic E-state index is 12.1. The Morgan fingerprint density at radius 3 is 2.65 bits per heavy atom. The first kappa shape index (κ1) is 19.3. The molecule has 1 saturated heterocycles. The van der Waals surface area contributed by atoms with Crippen molar-refractivity contribution < 1.29 is 19.1 Å². The highest BCUT2D eigenvalue weighted by Gasteiger charge is 2.34. The van der Waals surface area contributed by atoms with Crippen molar-refractivity contribution in [3.05, 3.63) is 28.7 Å². The molecule has 0 unspecified atom stereocenters. The minimum Gasteiger partial charge on any atom is -0.493 e. The Morgan fingerprint density at radius 1 is 1.30 bits per heavy atom. The third-order valence-electron chi connectivity index (χ3n) is 3.01. The summed E-state index contributed by atoms with van der Waals surface area (Å²) in [7, 11) is 1.55. The molecule has 2 amide bonds. The molecule has 0 bridgehead atoms. The number of nitrogens with two attached hydrogens (primary N) is 1. The van der Waals surface area contributed by atoms with E-state index in [9.17, 15) is 9.59 Å². The second kappa shape index (κ2) is 8.81. The summed E-state index contributed by atoms with van der Waals surface area (Å²) in [6, 6.07) is 5.35. The van der Waals surface area contributed by atoms with Crippen LogP contribution in [0.25, 0.3) is 6.08 Å². The SMILES string of the molecule is CCOc1ccc(/C=C2/SC(=O)N(CCN)C2=O)cc1OC.Cl. The quantitative estimate of drug-likeness (QED) is 0.787. The average Bonchev–Trinajstić information content (AvgIpc) is 2.77. The lowest BCUT2D eigenvalue weighted by atomic mass is 10.2. The average molecular weight is 359 g/mol. The molecule has 126 valence electrons. The molecule has 0 aliphatic carbocycles. The number of hydrogen-bond donors (Lipinski definition) is 1. The van der Waals surface area contributed by atoms with Crippen LogP contribution < -0.4 is 15.2 Å². The van der Waals surface area contributed by atoms with E-state index < -0.39 is 0 Å². The van der Waals surface area contributed by atoms with E-state index in [1.54, 1.807) is 25.3 Å². The fourth-order valence-electron chi connectivity index (χ4n) is 2.02. The summed E-state index contributed by atoms with van der Waals surface area (Å²) < 4.78 is 10.7. The molecule has 0 saturated carbocycles. The Morgan fingerprint density at radius 2 is 2.04 bits per heavy atom. The second-order valence-corrected chi connectivity index (χ2v) is 5.46. The van der Waals surface area contributed by atoms with Crippen molar-refractivity contribution in [3.63, 3.8) is 0 Å². The highest BCUT2D eigenvalue weighted by atomic mass is 35.5. The molecular formula is C15H19ClN2O4S. The van der Waals surface area contributed by atoms with Crippen molar-refractivity contribution in [3.8, 4) is 11.5 Å². The van der Waals surface area contributed by atoms with Gasteiger partial charge in [0.1, 0.15) is 0 Å². The van der Waals surface area contributed by atoms with E-state index in [4.69, 9.17) is 15.2 Å². The number of amides is 2. The Hall–Kier alpha value is -1.70. The van der Waals surface area contributed by atoms with E-state index in [0.29, 0.717) is 23.0 Å². The maximum Gasteiger partial charge on any atom is 0.293 e. The van der Waals surface area contributed by atoms with Crippen molar-refractivity contribution in [1.82, 2.24) is 4.90 Å². The summed E-state index contributed by atoms with van der Waals surface area (Å²) in [5.41, 5.74) is 6.17. The third-order valence-corrected chi connectivity index (χ3v) is 3.92. The topological polar surface area (TPSA) is 81.9 Å². The number of carbonyl (C=O) groups excluding carboxylic acids is 2.